The summed E-state index contributed by atoms with van der Waals surface area (Å²) in [6, 6.07) is 7.88. The molecule has 2 aliphatic rings. The fourth-order valence-electron chi connectivity index (χ4n) is 3.15. The normalized spacial score (nSPS) is 18.6. The fraction of sp³-hybridized carbons (Fsp3) is 0.421. The summed E-state index contributed by atoms with van der Waals surface area (Å²) in [6.45, 7) is 7.77. The molecule has 138 valence electrons. The summed E-state index contributed by atoms with van der Waals surface area (Å²) in [4.78, 5) is 30.5. The van der Waals surface area contributed by atoms with Gasteiger partial charge in [-0.1, -0.05) is 12.1 Å². The number of nitrogens with zero attached hydrogens (tertiary/aromatic N) is 3. The highest BCUT2D eigenvalue weighted by Gasteiger charge is 2.37. The van der Waals surface area contributed by atoms with Crippen LogP contribution >= 0.6 is 12.2 Å². The molecule has 1 aromatic carbocycles. The third kappa shape index (κ3) is 3.50. The zero-order chi connectivity index (χ0) is 18.7. The van der Waals surface area contributed by atoms with Crippen molar-refractivity contribution in [1.82, 2.24) is 9.80 Å². The lowest BCUT2D eigenvalue weighted by atomic mass is 10.1. The number of likely N-dealkylation sites (N-methyl/N-ethyl adjacent to an activating group) is 2. The second kappa shape index (κ2) is 7.97. The van der Waals surface area contributed by atoms with Gasteiger partial charge >= 0.3 is 0 Å². The Morgan fingerprint density at radius 2 is 1.54 bits per heavy atom. The molecule has 6 nitrogen and oxygen atoms in total. The predicted molar refractivity (Wildman–Crippen MR) is 105 cm³/mol. The first kappa shape index (κ1) is 18.5. The van der Waals surface area contributed by atoms with Crippen LogP contribution in [0.5, 0.6) is 0 Å². The number of carbonyl (C=O) groups excluding carboxylic acids is 2. The van der Waals surface area contributed by atoms with Gasteiger partial charge in [0.1, 0.15) is 5.57 Å². The molecule has 0 aromatic heterocycles. The number of benzene rings is 1. The molecular weight excluding hydrogens is 350 g/mol. The van der Waals surface area contributed by atoms with Crippen LogP contribution in [0.15, 0.2) is 29.8 Å². The van der Waals surface area contributed by atoms with E-state index in [-0.39, 0.29) is 22.5 Å². The molecule has 7 heteroatoms. The van der Waals surface area contributed by atoms with Crippen LogP contribution < -0.4 is 4.90 Å². The number of anilines is 1. The number of thiocarbonyl (C=S) groups is 1. The minimum absolute atomic E-state index is 0.154. The van der Waals surface area contributed by atoms with Crippen molar-refractivity contribution >= 4 is 40.9 Å². The van der Waals surface area contributed by atoms with Crippen molar-refractivity contribution in [2.45, 2.75) is 13.8 Å². The van der Waals surface area contributed by atoms with Crippen molar-refractivity contribution in [1.29, 1.82) is 0 Å². The van der Waals surface area contributed by atoms with Crippen LogP contribution in [0.1, 0.15) is 19.4 Å². The van der Waals surface area contributed by atoms with Gasteiger partial charge in [-0.15, -0.1) is 0 Å². The van der Waals surface area contributed by atoms with Crippen molar-refractivity contribution in [2.75, 3.05) is 44.3 Å². The van der Waals surface area contributed by atoms with Crippen molar-refractivity contribution in [3.8, 4) is 0 Å². The number of morpholine rings is 1. The monoisotopic (exact) mass is 373 g/mol. The SMILES string of the molecule is CCN1C(=O)C(=Cc2ccc(N3CCOCC3)cc2)C(=O)N(CC)C1=S. The average Bonchev–Trinajstić information content (AvgIpc) is 2.67. The van der Waals surface area contributed by atoms with Crippen LogP contribution in [-0.2, 0) is 14.3 Å². The number of hydrogen-bond donors (Lipinski definition) is 0. The lowest BCUT2D eigenvalue weighted by Crippen LogP contribution is -2.55. The first-order chi connectivity index (χ1) is 12.6. The highest BCUT2D eigenvalue weighted by Crippen LogP contribution is 2.22. The van der Waals surface area contributed by atoms with Crippen molar-refractivity contribution in [2.24, 2.45) is 0 Å². The zero-order valence-electron chi connectivity index (χ0n) is 15.1. The molecule has 0 aliphatic carbocycles. The van der Waals surface area contributed by atoms with E-state index in [9.17, 15) is 9.59 Å². The molecule has 1 aromatic rings. The molecule has 0 radical (unpaired) electrons. The topological polar surface area (TPSA) is 53.1 Å². The van der Waals surface area contributed by atoms with Crippen molar-refractivity contribution in [3.63, 3.8) is 0 Å². The lowest BCUT2D eigenvalue weighted by molar-refractivity contribution is -0.133. The van der Waals surface area contributed by atoms with Gasteiger partial charge in [-0.05, 0) is 49.8 Å². The summed E-state index contributed by atoms with van der Waals surface area (Å²) in [5, 5.41) is 0.282. The molecule has 0 saturated carbocycles. The van der Waals surface area contributed by atoms with E-state index in [1.165, 1.54) is 9.80 Å². The summed E-state index contributed by atoms with van der Waals surface area (Å²) in [5.41, 5.74) is 2.09. The molecule has 2 heterocycles. The molecule has 26 heavy (non-hydrogen) atoms. The zero-order valence-corrected chi connectivity index (χ0v) is 15.9. The molecule has 0 N–H and O–H groups in total. The van der Waals surface area contributed by atoms with Crippen molar-refractivity contribution in [3.05, 3.63) is 35.4 Å². The summed E-state index contributed by atoms with van der Waals surface area (Å²) in [7, 11) is 0. The van der Waals surface area contributed by atoms with Gasteiger partial charge in [-0.3, -0.25) is 19.4 Å². The maximum Gasteiger partial charge on any atom is 0.265 e. The van der Waals surface area contributed by atoms with E-state index in [0.29, 0.717) is 13.1 Å². The summed E-state index contributed by atoms with van der Waals surface area (Å²) >= 11 is 5.28. The molecule has 2 amide bonds. The van der Waals surface area contributed by atoms with E-state index >= 15 is 0 Å². The van der Waals surface area contributed by atoms with Gasteiger partial charge < -0.3 is 9.64 Å². The third-order valence-electron chi connectivity index (χ3n) is 4.63. The van der Waals surface area contributed by atoms with Gasteiger partial charge in [0.2, 0.25) is 0 Å². The van der Waals surface area contributed by atoms with Gasteiger partial charge in [0.25, 0.3) is 11.8 Å². The quantitative estimate of drug-likeness (QED) is 0.458. The minimum Gasteiger partial charge on any atom is -0.378 e. The van der Waals surface area contributed by atoms with Crippen LogP contribution in [0.3, 0.4) is 0 Å². The molecule has 0 atom stereocenters. The van der Waals surface area contributed by atoms with Crippen molar-refractivity contribution < 1.29 is 14.3 Å². The maximum atomic E-state index is 12.7. The van der Waals surface area contributed by atoms with Crippen LogP contribution in [0.25, 0.3) is 6.08 Å². The molecule has 2 saturated heterocycles. The van der Waals surface area contributed by atoms with E-state index in [1.807, 2.05) is 38.1 Å². The molecule has 0 spiro atoms. The number of ether oxygens (including phenoxy) is 1. The Hall–Kier alpha value is -2.25. The smallest absolute Gasteiger partial charge is 0.265 e. The number of hydrogen-bond acceptors (Lipinski definition) is 5. The fourth-order valence-corrected chi connectivity index (χ4v) is 3.58. The maximum absolute atomic E-state index is 12.7. The van der Waals surface area contributed by atoms with E-state index in [1.54, 1.807) is 6.08 Å². The molecule has 0 unspecified atom stereocenters. The second-order valence-corrected chi connectivity index (χ2v) is 6.50. The van der Waals surface area contributed by atoms with Crippen LogP contribution in [0.4, 0.5) is 5.69 Å². The molecule has 2 aliphatic heterocycles. The first-order valence-corrected chi connectivity index (χ1v) is 9.29. The van der Waals surface area contributed by atoms with Crippen LogP contribution in [0.2, 0.25) is 0 Å². The molecule has 0 bridgehead atoms. The summed E-state index contributed by atoms with van der Waals surface area (Å²) in [6.07, 6.45) is 1.65. The largest absolute Gasteiger partial charge is 0.378 e. The van der Waals surface area contributed by atoms with E-state index in [2.05, 4.69) is 4.90 Å². The van der Waals surface area contributed by atoms with E-state index in [4.69, 9.17) is 17.0 Å². The molecule has 3 rings (SSSR count). The molecular formula is C19H23N3O3S. The second-order valence-electron chi connectivity index (χ2n) is 6.13. The highest BCUT2D eigenvalue weighted by atomic mass is 32.1. The third-order valence-corrected chi connectivity index (χ3v) is 5.07. The Bertz CT molecular complexity index is 711. The van der Waals surface area contributed by atoms with Gasteiger partial charge in [0, 0.05) is 31.9 Å². The van der Waals surface area contributed by atoms with Crippen LogP contribution in [-0.4, -0.2) is 66.1 Å². The first-order valence-electron chi connectivity index (χ1n) is 8.89. The predicted octanol–water partition coefficient (Wildman–Crippen LogP) is 1.90. The highest BCUT2D eigenvalue weighted by molar-refractivity contribution is 7.80. The van der Waals surface area contributed by atoms with Gasteiger partial charge in [0.15, 0.2) is 5.11 Å². The number of carbonyl (C=O) groups is 2. The Morgan fingerprint density at radius 3 is 2.04 bits per heavy atom. The molecule has 2 fully saturated rings. The van der Waals surface area contributed by atoms with Gasteiger partial charge in [0.05, 0.1) is 13.2 Å². The Morgan fingerprint density at radius 1 is 1.00 bits per heavy atom. The van der Waals surface area contributed by atoms with E-state index in [0.717, 1.165) is 37.6 Å². The minimum atomic E-state index is -0.329. The summed E-state index contributed by atoms with van der Waals surface area (Å²) in [5.74, 6) is -0.658. The Labute approximate surface area is 159 Å². The Balaban J connectivity index is 1.86. The van der Waals surface area contributed by atoms with Gasteiger partial charge in [-0.25, -0.2) is 0 Å². The summed E-state index contributed by atoms with van der Waals surface area (Å²) < 4.78 is 5.37. The lowest BCUT2D eigenvalue weighted by Gasteiger charge is -2.35. The van der Waals surface area contributed by atoms with E-state index < -0.39 is 0 Å². The number of rotatable bonds is 4. The average molecular weight is 373 g/mol. The Kier molecular flexibility index (Phi) is 5.68. The standard InChI is InChI=1S/C19H23N3O3S/c1-3-21-17(23)16(18(24)22(4-2)19(21)26)13-14-5-7-15(8-6-14)20-9-11-25-12-10-20/h5-8,13H,3-4,9-12H2,1-2H3. The van der Waals surface area contributed by atoms with Crippen LogP contribution in [0, 0.1) is 0 Å². The number of amides is 2. The van der Waals surface area contributed by atoms with Gasteiger partial charge in [-0.2, -0.15) is 0 Å².